The maximum Gasteiger partial charge on any atom is 0.275 e. The van der Waals surface area contributed by atoms with E-state index in [0.717, 1.165) is 24.0 Å². The van der Waals surface area contributed by atoms with Crippen LogP contribution < -0.4 is 5.56 Å². The predicted molar refractivity (Wildman–Crippen MR) is 87.3 cm³/mol. The number of rotatable bonds is 3. The normalized spacial score (nSPS) is 14.7. The van der Waals surface area contributed by atoms with E-state index < -0.39 is 0 Å². The Balaban J connectivity index is 2.22. The molecule has 0 spiro atoms. The fourth-order valence-electron chi connectivity index (χ4n) is 3.26. The molecule has 0 unspecified atom stereocenters. The number of ether oxygens (including phenoxy) is 1. The number of fused-ring (bicyclic) bond motifs is 1. The molecule has 0 aliphatic carbocycles. The van der Waals surface area contributed by atoms with Crippen molar-refractivity contribution in [2.75, 3.05) is 13.2 Å². The van der Waals surface area contributed by atoms with Gasteiger partial charge < -0.3 is 4.74 Å². The maximum atomic E-state index is 12.8. The first-order valence-electron chi connectivity index (χ1n) is 8.09. The van der Waals surface area contributed by atoms with Crippen molar-refractivity contribution >= 4 is 0 Å². The predicted octanol–water partition coefficient (Wildman–Crippen LogP) is 2.58. The molecule has 0 amide bonds. The average Bonchev–Trinajstić information content (AvgIpc) is 2.70. The molecule has 117 valence electrons. The average molecular weight is 299 g/mol. The Morgan fingerprint density at radius 1 is 1.14 bits per heavy atom. The molecule has 2 heterocycles. The molecule has 1 radical (unpaired) electrons. The molecule has 1 aliphatic rings. The van der Waals surface area contributed by atoms with Crippen LogP contribution in [0.5, 0.6) is 0 Å². The van der Waals surface area contributed by atoms with Crippen molar-refractivity contribution in [2.45, 2.75) is 46.7 Å². The molecule has 2 aromatic rings. The summed E-state index contributed by atoms with van der Waals surface area (Å²) in [7, 11) is 0. The van der Waals surface area contributed by atoms with Crippen molar-refractivity contribution < 1.29 is 4.74 Å². The standard InChI is InChI=1S/C18H23N2O2/c1-4-14-10-13(3)11-15(5-2)17(14)16-12-19-6-8-22-9-7-20(19)18(16)21/h10-11H,4-9H2,1-3H3. The van der Waals surface area contributed by atoms with E-state index in [4.69, 9.17) is 4.74 Å². The van der Waals surface area contributed by atoms with Gasteiger partial charge >= 0.3 is 0 Å². The van der Waals surface area contributed by atoms with Gasteiger partial charge in [0.2, 0.25) is 0 Å². The van der Waals surface area contributed by atoms with Gasteiger partial charge in [-0.05, 0) is 36.5 Å². The lowest BCUT2D eigenvalue weighted by molar-refractivity contribution is 0.137. The molecule has 0 fully saturated rings. The topological polar surface area (TPSA) is 36.2 Å². The third kappa shape index (κ3) is 2.52. The maximum absolute atomic E-state index is 12.8. The molecule has 0 N–H and O–H groups in total. The molecule has 0 atom stereocenters. The summed E-state index contributed by atoms with van der Waals surface area (Å²) in [4.78, 5) is 12.8. The van der Waals surface area contributed by atoms with Gasteiger partial charge in [0.25, 0.3) is 5.56 Å². The van der Waals surface area contributed by atoms with E-state index in [1.165, 1.54) is 16.7 Å². The molecule has 1 aromatic carbocycles. The van der Waals surface area contributed by atoms with Crippen LogP contribution in [-0.4, -0.2) is 22.6 Å². The lowest BCUT2D eigenvalue weighted by atomic mass is 9.91. The minimum Gasteiger partial charge on any atom is -0.378 e. The first kappa shape index (κ1) is 15.1. The van der Waals surface area contributed by atoms with Crippen LogP contribution in [0.2, 0.25) is 0 Å². The number of benzene rings is 1. The van der Waals surface area contributed by atoms with Crippen molar-refractivity contribution in [2.24, 2.45) is 0 Å². The van der Waals surface area contributed by atoms with Crippen LogP contribution in [0.15, 0.2) is 16.9 Å². The van der Waals surface area contributed by atoms with E-state index in [2.05, 4.69) is 39.1 Å². The fraction of sp³-hybridized carbons (Fsp3) is 0.500. The molecular weight excluding hydrogens is 276 g/mol. The highest BCUT2D eigenvalue weighted by Gasteiger charge is 2.20. The van der Waals surface area contributed by atoms with Gasteiger partial charge in [0.1, 0.15) is 0 Å². The molecule has 0 saturated heterocycles. The van der Waals surface area contributed by atoms with Crippen LogP contribution in [-0.2, 0) is 30.7 Å². The second-order valence-corrected chi connectivity index (χ2v) is 5.82. The molecule has 22 heavy (non-hydrogen) atoms. The third-order valence-electron chi connectivity index (χ3n) is 4.33. The van der Waals surface area contributed by atoms with E-state index in [1.807, 2.05) is 4.68 Å². The molecule has 0 bridgehead atoms. The highest BCUT2D eigenvalue weighted by molar-refractivity contribution is 5.70. The van der Waals surface area contributed by atoms with Crippen LogP contribution in [0.25, 0.3) is 11.1 Å². The Bertz CT molecular complexity index is 715. The van der Waals surface area contributed by atoms with E-state index in [0.29, 0.717) is 26.3 Å². The van der Waals surface area contributed by atoms with Crippen molar-refractivity contribution in [1.29, 1.82) is 0 Å². The molecule has 1 aliphatic heterocycles. The van der Waals surface area contributed by atoms with Crippen LogP contribution in [0, 0.1) is 13.1 Å². The second-order valence-electron chi connectivity index (χ2n) is 5.82. The van der Waals surface area contributed by atoms with Crippen LogP contribution in [0.3, 0.4) is 0 Å². The lowest BCUT2D eigenvalue weighted by Crippen LogP contribution is -2.23. The lowest BCUT2D eigenvalue weighted by Gasteiger charge is -2.12. The zero-order chi connectivity index (χ0) is 15.7. The smallest absolute Gasteiger partial charge is 0.275 e. The molecular formula is C18H23N2O2. The van der Waals surface area contributed by atoms with E-state index in [9.17, 15) is 4.79 Å². The van der Waals surface area contributed by atoms with E-state index in [1.54, 1.807) is 4.68 Å². The summed E-state index contributed by atoms with van der Waals surface area (Å²) in [6.45, 7) is 8.92. The van der Waals surface area contributed by atoms with Crippen molar-refractivity contribution in [3.05, 3.63) is 45.4 Å². The van der Waals surface area contributed by atoms with Gasteiger partial charge in [-0.15, -0.1) is 0 Å². The highest BCUT2D eigenvalue weighted by Crippen LogP contribution is 2.28. The minimum absolute atomic E-state index is 0.0544. The summed E-state index contributed by atoms with van der Waals surface area (Å²) < 4.78 is 9.10. The first-order chi connectivity index (χ1) is 10.7. The largest absolute Gasteiger partial charge is 0.378 e. The zero-order valence-electron chi connectivity index (χ0n) is 13.6. The monoisotopic (exact) mass is 299 g/mol. The minimum atomic E-state index is 0.0544. The molecule has 1 aromatic heterocycles. The number of hydrogen-bond acceptors (Lipinski definition) is 2. The molecule has 0 saturated carbocycles. The van der Waals surface area contributed by atoms with Crippen LogP contribution in [0.4, 0.5) is 0 Å². The quantitative estimate of drug-likeness (QED) is 0.873. The van der Waals surface area contributed by atoms with Gasteiger partial charge in [0.05, 0.1) is 38.1 Å². The van der Waals surface area contributed by atoms with Gasteiger partial charge in [-0.2, -0.15) is 0 Å². The Hall–Kier alpha value is -1.81. The van der Waals surface area contributed by atoms with E-state index in [-0.39, 0.29) is 5.56 Å². The summed E-state index contributed by atoms with van der Waals surface area (Å²) in [5, 5.41) is 0. The summed E-state index contributed by atoms with van der Waals surface area (Å²) in [6, 6.07) is 4.39. The number of aryl methyl sites for hydroxylation is 3. The second kappa shape index (κ2) is 6.13. The molecule has 4 nitrogen and oxygen atoms in total. The summed E-state index contributed by atoms with van der Waals surface area (Å²) >= 11 is 0. The Morgan fingerprint density at radius 3 is 2.41 bits per heavy atom. The Morgan fingerprint density at radius 2 is 1.77 bits per heavy atom. The van der Waals surface area contributed by atoms with Gasteiger partial charge in [-0.25, -0.2) is 4.68 Å². The Labute approximate surface area is 131 Å². The summed E-state index contributed by atoms with van der Waals surface area (Å²) in [5.41, 5.74) is 5.60. The van der Waals surface area contributed by atoms with Crippen LogP contribution >= 0.6 is 0 Å². The Kier molecular flexibility index (Phi) is 4.21. The van der Waals surface area contributed by atoms with Gasteiger partial charge in [-0.3, -0.25) is 9.48 Å². The number of aromatic nitrogens is 2. The summed E-state index contributed by atoms with van der Waals surface area (Å²) in [6.07, 6.45) is 5.16. The van der Waals surface area contributed by atoms with Gasteiger partial charge in [0.15, 0.2) is 0 Å². The van der Waals surface area contributed by atoms with E-state index >= 15 is 0 Å². The number of hydrogen-bond donors (Lipinski definition) is 0. The SMILES string of the molecule is CCc1cc(C)cc(CC)c1-c1[c]n2n(c1=O)CCOCC2. The third-order valence-corrected chi connectivity index (χ3v) is 4.33. The van der Waals surface area contributed by atoms with Crippen molar-refractivity contribution in [1.82, 2.24) is 9.36 Å². The summed E-state index contributed by atoms with van der Waals surface area (Å²) in [5.74, 6) is 0. The van der Waals surface area contributed by atoms with Gasteiger partial charge in [0, 0.05) is 0 Å². The molecule has 4 heteroatoms. The van der Waals surface area contributed by atoms with Crippen molar-refractivity contribution in [3.8, 4) is 11.1 Å². The van der Waals surface area contributed by atoms with Crippen molar-refractivity contribution in [3.63, 3.8) is 0 Å². The fourth-order valence-corrected chi connectivity index (χ4v) is 3.26. The number of nitrogens with zero attached hydrogens (tertiary/aromatic N) is 2. The zero-order valence-corrected chi connectivity index (χ0v) is 13.6. The van der Waals surface area contributed by atoms with Gasteiger partial charge in [-0.1, -0.05) is 31.5 Å². The highest BCUT2D eigenvalue weighted by atomic mass is 16.5. The molecule has 3 rings (SSSR count). The van der Waals surface area contributed by atoms with Crippen LogP contribution in [0.1, 0.15) is 30.5 Å². The first-order valence-corrected chi connectivity index (χ1v) is 8.09.